The summed E-state index contributed by atoms with van der Waals surface area (Å²) in [7, 11) is -2.13. The lowest BCUT2D eigenvalue weighted by Gasteiger charge is -2.14. The molecule has 0 atom stereocenters. The molecule has 0 bridgehead atoms. The zero-order chi connectivity index (χ0) is 14.8. The number of methoxy groups -OCH3 is 1. The van der Waals surface area contributed by atoms with E-state index in [9.17, 15) is 8.42 Å². The van der Waals surface area contributed by atoms with Gasteiger partial charge in [-0.3, -0.25) is 4.72 Å². The molecule has 0 saturated heterocycles. The highest BCUT2D eigenvalue weighted by Gasteiger charge is 2.17. The third-order valence-electron chi connectivity index (χ3n) is 2.81. The molecule has 0 aliphatic heterocycles. The molecule has 0 aliphatic rings. The van der Waals surface area contributed by atoms with Gasteiger partial charge in [0, 0.05) is 4.47 Å². The van der Waals surface area contributed by atoms with Gasteiger partial charge in [0.1, 0.15) is 5.75 Å². The van der Waals surface area contributed by atoms with Crippen molar-refractivity contribution in [3.05, 3.63) is 52.5 Å². The normalized spacial score (nSPS) is 11.2. The van der Waals surface area contributed by atoms with Crippen molar-refractivity contribution < 1.29 is 13.2 Å². The Labute approximate surface area is 127 Å². The molecule has 2 aromatic rings. The van der Waals surface area contributed by atoms with Gasteiger partial charge in [-0.2, -0.15) is 0 Å². The largest absolute Gasteiger partial charge is 0.495 e. The zero-order valence-electron chi connectivity index (χ0n) is 11.1. The Morgan fingerprint density at radius 2 is 1.75 bits per heavy atom. The molecule has 1 N–H and O–H groups in total. The maximum atomic E-state index is 12.4. The molecule has 0 radical (unpaired) electrons. The molecule has 0 spiro atoms. The van der Waals surface area contributed by atoms with Gasteiger partial charge in [0.15, 0.2) is 0 Å². The lowest BCUT2D eigenvalue weighted by atomic mass is 10.2. The smallest absolute Gasteiger partial charge is 0.262 e. The van der Waals surface area contributed by atoms with Crippen molar-refractivity contribution >= 4 is 31.6 Å². The van der Waals surface area contributed by atoms with Crippen LogP contribution in [0.1, 0.15) is 5.56 Å². The minimum Gasteiger partial charge on any atom is -0.495 e. The van der Waals surface area contributed by atoms with Crippen molar-refractivity contribution in [3.8, 4) is 5.75 Å². The molecule has 0 aromatic heterocycles. The maximum Gasteiger partial charge on any atom is 0.262 e. The van der Waals surface area contributed by atoms with Crippen molar-refractivity contribution in [1.82, 2.24) is 0 Å². The molecule has 6 heteroatoms. The quantitative estimate of drug-likeness (QED) is 0.911. The van der Waals surface area contributed by atoms with Gasteiger partial charge >= 0.3 is 0 Å². The number of hydrogen-bond donors (Lipinski definition) is 1. The van der Waals surface area contributed by atoms with E-state index in [1.807, 2.05) is 19.1 Å². The Balaban J connectivity index is 2.41. The zero-order valence-corrected chi connectivity index (χ0v) is 13.5. The van der Waals surface area contributed by atoms with Crippen LogP contribution in [0, 0.1) is 6.92 Å². The average molecular weight is 356 g/mol. The van der Waals surface area contributed by atoms with Crippen LogP contribution < -0.4 is 9.46 Å². The Bertz CT molecular complexity index is 712. The SMILES string of the molecule is COc1cccc(C)c1NS(=O)(=O)c1ccc(Br)cc1. The summed E-state index contributed by atoms with van der Waals surface area (Å²) in [5.74, 6) is 0.491. The van der Waals surface area contributed by atoms with E-state index in [0.717, 1.165) is 10.0 Å². The molecule has 2 rings (SSSR count). The predicted molar refractivity (Wildman–Crippen MR) is 82.7 cm³/mol. The molecule has 0 amide bonds. The molecular weight excluding hydrogens is 342 g/mol. The Morgan fingerprint density at radius 1 is 1.10 bits per heavy atom. The highest BCUT2D eigenvalue weighted by atomic mass is 79.9. The number of benzene rings is 2. The molecule has 0 aliphatic carbocycles. The van der Waals surface area contributed by atoms with Crippen LogP contribution in [-0.4, -0.2) is 15.5 Å². The van der Waals surface area contributed by atoms with Crippen LogP contribution in [0.2, 0.25) is 0 Å². The van der Waals surface area contributed by atoms with Gasteiger partial charge in [0.25, 0.3) is 10.0 Å². The van der Waals surface area contributed by atoms with Gasteiger partial charge < -0.3 is 4.74 Å². The number of rotatable bonds is 4. The third kappa shape index (κ3) is 3.13. The minimum atomic E-state index is -3.64. The van der Waals surface area contributed by atoms with Crippen molar-refractivity contribution in [3.63, 3.8) is 0 Å². The molecule has 4 nitrogen and oxygen atoms in total. The van der Waals surface area contributed by atoms with E-state index in [4.69, 9.17) is 4.74 Å². The molecule has 2 aromatic carbocycles. The van der Waals surface area contributed by atoms with Crippen molar-refractivity contribution in [2.24, 2.45) is 0 Å². The van der Waals surface area contributed by atoms with Crippen LogP contribution in [-0.2, 0) is 10.0 Å². The van der Waals surface area contributed by atoms with Crippen LogP contribution in [0.5, 0.6) is 5.75 Å². The Kier molecular flexibility index (Phi) is 4.35. The minimum absolute atomic E-state index is 0.200. The first-order valence-electron chi connectivity index (χ1n) is 5.86. The Hall–Kier alpha value is -1.53. The molecule has 0 unspecified atom stereocenters. The van der Waals surface area contributed by atoms with Gasteiger partial charge in [-0.15, -0.1) is 0 Å². The van der Waals surface area contributed by atoms with E-state index >= 15 is 0 Å². The summed E-state index contributed by atoms with van der Waals surface area (Å²) in [6, 6.07) is 11.8. The Morgan fingerprint density at radius 3 is 2.35 bits per heavy atom. The first kappa shape index (κ1) is 14.9. The molecule has 106 valence electrons. The first-order valence-corrected chi connectivity index (χ1v) is 8.13. The fourth-order valence-corrected chi connectivity index (χ4v) is 3.16. The fraction of sp³-hybridized carbons (Fsp3) is 0.143. The van der Waals surface area contributed by atoms with E-state index in [2.05, 4.69) is 20.7 Å². The molecule has 20 heavy (non-hydrogen) atoms. The van der Waals surface area contributed by atoms with Crippen molar-refractivity contribution in [2.45, 2.75) is 11.8 Å². The highest BCUT2D eigenvalue weighted by Crippen LogP contribution is 2.30. The number of nitrogens with one attached hydrogen (secondary N) is 1. The lowest BCUT2D eigenvalue weighted by molar-refractivity contribution is 0.416. The molecule has 0 heterocycles. The van der Waals surface area contributed by atoms with E-state index in [-0.39, 0.29) is 4.90 Å². The highest BCUT2D eigenvalue weighted by molar-refractivity contribution is 9.10. The summed E-state index contributed by atoms with van der Waals surface area (Å²) in [6.07, 6.45) is 0. The van der Waals surface area contributed by atoms with Crippen LogP contribution >= 0.6 is 15.9 Å². The summed E-state index contributed by atoms with van der Waals surface area (Å²) in [6.45, 7) is 1.82. The van der Waals surface area contributed by atoms with Crippen molar-refractivity contribution in [2.75, 3.05) is 11.8 Å². The molecule has 0 fully saturated rings. The number of hydrogen-bond acceptors (Lipinski definition) is 3. The topological polar surface area (TPSA) is 55.4 Å². The lowest BCUT2D eigenvalue weighted by Crippen LogP contribution is -2.14. The van der Waals surface area contributed by atoms with Crippen LogP contribution in [0.4, 0.5) is 5.69 Å². The number of halogens is 1. The summed E-state index contributed by atoms with van der Waals surface area (Å²) in [5.41, 5.74) is 1.25. The van der Waals surface area contributed by atoms with E-state index in [0.29, 0.717) is 11.4 Å². The number of para-hydroxylation sites is 1. The average Bonchev–Trinajstić information content (AvgIpc) is 2.41. The van der Waals surface area contributed by atoms with Gasteiger partial charge in [-0.05, 0) is 42.8 Å². The number of sulfonamides is 1. The summed E-state index contributed by atoms with van der Waals surface area (Å²) >= 11 is 3.28. The van der Waals surface area contributed by atoms with Crippen molar-refractivity contribution in [1.29, 1.82) is 0 Å². The predicted octanol–water partition coefficient (Wildman–Crippen LogP) is 3.57. The maximum absolute atomic E-state index is 12.4. The van der Waals surface area contributed by atoms with Gasteiger partial charge in [0.05, 0.1) is 17.7 Å². The fourth-order valence-electron chi connectivity index (χ4n) is 1.75. The third-order valence-corrected chi connectivity index (χ3v) is 4.71. The standard InChI is InChI=1S/C14H14BrNO3S/c1-10-4-3-5-13(19-2)14(10)16-20(17,18)12-8-6-11(15)7-9-12/h3-9,16H,1-2H3. The van der Waals surface area contributed by atoms with Gasteiger partial charge in [-0.1, -0.05) is 28.1 Å². The summed E-state index contributed by atoms with van der Waals surface area (Å²) < 4.78 is 33.3. The summed E-state index contributed by atoms with van der Waals surface area (Å²) in [4.78, 5) is 0.200. The van der Waals surface area contributed by atoms with Gasteiger partial charge in [-0.25, -0.2) is 8.42 Å². The van der Waals surface area contributed by atoms with E-state index in [1.165, 1.54) is 19.2 Å². The van der Waals surface area contributed by atoms with Crippen LogP contribution in [0.15, 0.2) is 51.8 Å². The monoisotopic (exact) mass is 355 g/mol. The van der Waals surface area contributed by atoms with E-state index < -0.39 is 10.0 Å². The van der Waals surface area contributed by atoms with Crippen LogP contribution in [0.25, 0.3) is 0 Å². The number of anilines is 1. The van der Waals surface area contributed by atoms with E-state index in [1.54, 1.807) is 18.2 Å². The first-order chi connectivity index (χ1) is 9.44. The molecule has 0 saturated carbocycles. The summed E-state index contributed by atoms with van der Waals surface area (Å²) in [5, 5.41) is 0. The number of ether oxygens (including phenoxy) is 1. The number of aryl methyl sites for hydroxylation is 1. The second-order valence-corrected chi connectivity index (χ2v) is 6.81. The van der Waals surface area contributed by atoms with Crippen LogP contribution in [0.3, 0.4) is 0 Å². The van der Waals surface area contributed by atoms with Gasteiger partial charge in [0.2, 0.25) is 0 Å². The second kappa shape index (κ2) is 5.85. The molecular formula is C14H14BrNO3S. The second-order valence-electron chi connectivity index (χ2n) is 4.21.